The SMILES string of the molecule is CCOC(=O)c1c(C)[nH]c(C(=O)COC(=O)c2ccc(OC)c(OC)c2OC)c1C. The summed E-state index contributed by atoms with van der Waals surface area (Å²) in [7, 11) is 4.25. The molecule has 0 unspecified atom stereocenters. The van der Waals surface area contributed by atoms with Crippen LogP contribution in [0.2, 0.25) is 0 Å². The van der Waals surface area contributed by atoms with Gasteiger partial charge in [-0.3, -0.25) is 4.79 Å². The van der Waals surface area contributed by atoms with E-state index < -0.39 is 24.3 Å². The molecule has 0 aliphatic rings. The van der Waals surface area contributed by atoms with Gasteiger partial charge in [-0.05, 0) is 38.5 Å². The Hall–Kier alpha value is -3.49. The lowest BCUT2D eigenvalue weighted by Gasteiger charge is -2.15. The van der Waals surface area contributed by atoms with Crippen LogP contribution in [0.1, 0.15) is 49.4 Å². The number of Topliss-reactive ketones (excluding diaryl/α,β-unsaturated/α-hetero) is 1. The average Bonchev–Trinajstić information content (AvgIpc) is 3.04. The Morgan fingerprint density at radius 1 is 0.900 bits per heavy atom. The van der Waals surface area contributed by atoms with Gasteiger partial charge in [0.05, 0.1) is 39.2 Å². The van der Waals surface area contributed by atoms with Crippen LogP contribution in [0.3, 0.4) is 0 Å². The van der Waals surface area contributed by atoms with E-state index in [2.05, 4.69) is 4.98 Å². The number of H-pyrrole nitrogens is 1. The fourth-order valence-corrected chi connectivity index (χ4v) is 3.08. The first-order chi connectivity index (χ1) is 14.3. The maximum atomic E-state index is 12.6. The number of aryl methyl sites for hydroxylation is 1. The summed E-state index contributed by atoms with van der Waals surface area (Å²) in [6.45, 7) is 4.68. The Bertz CT molecular complexity index is 960. The number of ketones is 1. The highest BCUT2D eigenvalue weighted by Crippen LogP contribution is 2.40. The van der Waals surface area contributed by atoms with Crippen LogP contribution < -0.4 is 14.2 Å². The number of aromatic nitrogens is 1. The average molecular weight is 419 g/mol. The van der Waals surface area contributed by atoms with Crippen LogP contribution in [-0.2, 0) is 9.47 Å². The Labute approximate surface area is 174 Å². The number of hydrogen-bond donors (Lipinski definition) is 1. The monoisotopic (exact) mass is 419 g/mol. The van der Waals surface area contributed by atoms with E-state index in [1.807, 2.05) is 0 Å². The van der Waals surface area contributed by atoms with E-state index in [4.69, 9.17) is 23.7 Å². The van der Waals surface area contributed by atoms with Crippen LogP contribution in [0, 0.1) is 13.8 Å². The third kappa shape index (κ3) is 4.40. The van der Waals surface area contributed by atoms with Gasteiger partial charge in [0.2, 0.25) is 11.5 Å². The third-order valence-electron chi connectivity index (χ3n) is 4.45. The molecular formula is C21H25NO8. The summed E-state index contributed by atoms with van der Waals surface area (Å²) in [5.41, 5.74) is 1.50. The molecule has 1 aromatic carbocycles. The molecule has 162 valence electrons. The predicted molar refractivity (Wildman–Crippen MR) is 107 cm³/mol. The minimum atomic E-state index is -0.771. The van der Waals surface area contributed by atoms with E-state index in [9.17, 15) is 14.4 Å². The minimum absolute atomic E-state index is 0.0783. The molecule has 1 aromatic heterocycles. The Balaban J connectivity index is 2.21. The number of methoxy groups -OCH3 is 3. The zero-order valence-corrected chi connectivity index (χ0v) is 17.8. The minimum Gasteiger partial charge on any atom is -0.493 e. The van der Waals surface area contributed by atoms with Crippen LogP contribution in [0.4, 0.5) is 0 Å². The molecule has 2 aromatic rings. The van der Waals surface area contributed by atoms with Crippen LogP contribution in [0.15, 0.2) is 12.1 Å². The van der Waals surface area contributed by atoms with E-state index in [1.165, 1.54) is 33.5 Å². The van der Waals surface area contributed by atoms with Crippen molar-refractivity contribution in [1.82, 2.24) is 4.98 Å². The topological polar surface area (TPSA) is 113 Å². The molecule has 0 atom stereocenters. The Morgan fingerprint density at radius 3 is 2.13 bits per heavy atom. The van der Waals surface area contributed by atoms with Crippen molar-refractivity contribution in [3.8, 4) is 17.2 Å². The zero-order valence-electron chi connectivity index (χ0n) is 17.8. The molecule has 2 rings (SSSR count). The lowest BCUT2D eigenvalue weighted by molar-refractivity contribution is 0.0468. The van der Waals surface area contributed by atoms with Gasteiger partial charge in [-0.15, -0.1) is 0 Å². The van der Waals surface area contributed by atoms with Crippen molar-refractivity contribution in [3.63, 3.8) is 0 Å². The number of carbonyl (C=O) groups is 3. The molecule has 0 radical (unpaired) electrons. The molecule has 9 heteroatoms. The number of nitrogens with one attached hydrogen (secondary N) is 1. The van der Waals surface area contributed by atoms with Crippen molar-refractivity contribution in [1.29, 1.82) is 0 Å². The quantitative estimate of drug-likeness (QED) is 0.488. The number of carbonyl (C=O) groups excluding carboxylic acids is 3. The number of hydrogen-bond acceptors (Lipinski definition) is 8. The predicted octanol–water partition coefficient (Wildman–Crippen LogP) is 2.87. The van der Waals surface area contributed by atoms with Crippen LogP contribution in [-0.4, -0.2) is 57.2 Å². The lowest BCUT2D eigenvalue weighted by Crippen LogP contribution is -2.16. The lowest BCUT2D eigenvalue weighted by atomic mass is 10.1. The second-order valence-corrected chi connectivity index (χ2v) is 6.23. The highest BCUT2D eigenvalue weighted by molar-refractivity contribution is 6.03. The fraction of sp³-hybridized carbons (Fsp3) is 0.381. The fourth-order valence-electron chi connectivity index (χ4n) is 3.08. The highest BCUT2D eigenvalue weighted by Gasteiger charge is 2.25. The molecule has 0 bridgehead atoms. The van der Waals surface area contributed by atoms with E-state index >= 15 is 0 Å². The highest BCUT2D eigenvalue weighted by atomic mass is 16.5. The third-order valence-corrected chi connectivity index (χ3v) is 4.45. The van der Waals surface area contributed by atoms with Gasteiger partial charge in [-0.25, -0.2) is 9.59 Å². The second kappa shape index (κ2) is 9.82. The first kappa shape index (κ1) is 22.8. The summed E-state index contributed by atoms with van der Waals surface area (Å²) >= 11 is 0. The van der Waals surface area contributed by atoms with Gasteiger partial charge < -0.3 is 28.7 Å². The van der Waals surface area contributed by atoms with Gasteiger partial charge >= 0.3 is 11.9 Å². The second-order valence-electron chi connectivity index (χ2n) is 6.23. The zero-order chi connectivity index (χ0) is 22.4. The summed E-state index contributed by atoms with van der Waals surface area (Å²) in [4.78, 5) is 40.1. The van der Waals surface area contributed by atoms with E-state index in [0.717, 1.165) is 0 Å². The molecule has 0 spiro atoms. The molecule has 0 saturated heterocycles. The Kier molecular flexibility index (Phi) is 7.46. The van der Waals surface area contributed by atoms with Crippen molar-refractivity contribution < 1.29 is 38.1 Å². The summed E-state index contributed by atoms with van der Waals surface area (Å²) < 4.78 is 25.9. The van der Waals surface area contributed by atoms with Gasteiger partial charge in [-0.2, -0.15) is 0 Å². The number of ether oxygens (including phenoxy) is 5. The van der Waals surface area contributed by atoms with Crippen molar-refractivity contribution in [3.05, 3.63) is 40.2 Å². The summed E-state index contributed by atoms with van der Waals surface area (Å²) in [5, 5.41) is 0. The number of benzene rings is 1. The number of rotatable bonds is 9. The van der Waals surface area contributed by atoms with Crippen molar-refractivity contribution in [2.75, 3.05) is 34.5 Å². The van der Waals surface area contributed by atoms with Crippen molar-refractivity contribution in [2.45, 2.75) is 20.8 Å². The van der Waals surface area contributed by atoms with Gasteiger partial charge in [0, 0.05) is 5.69 Å². The maximum absolute atomic E-state index is 12.6. The molecule has 1 N–H and O–H groups in total. The summed E-state index contributed by atoms with van der Waals surface area (Å²) in [5.74, 6) is -1.03. The van der Waals surface area contributed by atoms with E-state index in [1.54, 1.807) is 20.8 Å². The molecule has 9 nitrogen and oxygen atoms in total. The first-order valence-corrected chi connectivity index (χ1v) is 9.16. The molecule has 0 aliphatic heterocycles. The summed E-state index contributed by atoms with van der Waals surface area (Å²) in [6, 6.07) is 2.99. The van der Waals surface area contributed by atoms with Crippen LogP contribution in [0.25, 0.3) is 0 Å². The maximum Gasteiger partial charge on any atom is 0.342 e. The largest absolute Gasteiger partial charge is 0.493 e. The van der Waals surface area contributed by atoms with Gasteiger partial charge in [0.25, 0.3) is 0 Å². The van der Waals surface area contributed by atoms with Crippen molar-refractivity contribution >= 4 is 17.7 Å². The Morgan fingerprint density at radius 2 is 1.57 bits per heavy atom. The van der Waals surface area contributed by atoms with E-state index in [0.29, 0.717) is 22.6 Å². The molecule has 0 fully saturated rings. The first-order valence-electron chi connectivity index (χ1n) is 9.16. The molecular weight excluding hydrogens is 394 g/mol. The molecule has 0 aliphatic carbocycles. The standard InChI is InChI=1S/C21H25NO8/c1-7-29-21(25)16-11(2)17(22-12(16)3)14(23)10-30-20(24)13-8-9-15(26-4)19(28-6)18(13)27-5/h8-9,22H,7,10H2,1-6H3. The smallest absolute Gasteiger partial charge is 0.342 e. The number of esters is 2. The van der Waals surface area contributed by atoms with Crippen LogP contribution in [0.5, 0.6) is 17.2 Å². The van der Waals surface area contributed by atoms with Crippen LogP contribution >= 0.6 is 0 Å². The molecule has 1 heterocycles. The van der Waals surface area contributed by atoms with Gasteiger partial charge in [0.1, 0.15) is 5.56 Å². The van der Waals surface area contributed by atoms with E-state index in [-0.39, 0.29) is 29.4 Å². The van der Waals surface area contributed by atoms with Gasteiger partial charge in [-0.1, -0.05) is 0 Å². The van der Waals surface area contributed by atoms with Gasteiger partial charge in [0.15, 0.2) is 18.1 Å². The molecule has 30 heavy (non-hydrogen) atoms. The summed E-state index contributed by atoms with van der Waals surface area (Å²) in [6.07, 6.45) is 0. The van der Waals surface area contributed by atoms with Crippen molar-refractivity contribution in [2.24, 2.45) is 0 Å². The normalized spacial score (nSPS) is 10.3. The molecule has 0 amide bonds. The molecule has 0 saturated carbocycles. The number of aromatic amines is 1.